The molecule has 20 heavy (non-hydrogen) atoms. The van der Waals surface area contributed by atoms with Crippen LogP contribution in [0, 0.1) is 19.8 Å². The molecule has 0 radical (unpaired) electrons. The number of carbonyl (C=O) groups is 1. The van der Waals surface area contributed by atoms with Crippen LogP contribution in [0.3, 0.4) is 0 Å². The van der Waals surface area contributed by atoms with Gasteiger partial charge in [-0.25, -0.2) is 8.42 Å². The van der Waals surface area contributed by atoms with Gasteiger partial charge in [-0.3, -0.25) is 4.79 Å². The second-order valence-electron chi connectivity index (χ2n) is 5.57. The smallest absolute Gasteiger partial charge is 0.238 e. The summed E-state index contributed by atoms with van der Waals surface area (Å²) in [5.74, 6) is -0.243. The summed E-state index contributed by atoms with van der Waals surface area (Å²) in [6, 6.07) is 1.91. The molecular weight excluding hydrogens is 294 g/mol. The highest BCUT2D eigenvalue weighted by Gasteiger charge is 2.28. The summed E-state index contributed by atoms with van der Waals surface area (Å²) in [5, 5.41) is 1.86. The average molecular weight is 317 g/mol. The van der Waals surface area contributed by atoms with Crippen LogP contribution in [-0.2, 0) is 14.6 Å². The number of aryl methyl sites for hydroxylation is 2. The zero-order chi connectivity index (χ0) is 15.7. The molecule has 1 amide bonds. The maximum Gasteiger partial charge on any atom is 0.238 e. The van der Waals surface area contributed by atoms with E-state index < -0.39 is 21.0 Å². The molecule has 1 aromatic heterocycles. The van der Waals surface area contributed by atoms with Crippen molar-refractivity contribution in [3.63, 3.8) is 0 Å². The highest BCUT2D eigenvalue weighted by molar-refractivity contribution is 7.92. The molecular formula is C14H23NO3S2. The summed E-state index contributed by atoms with van der Waals surface area (Å²) in [5.41, 5.74) is 1.08. The third-order valence-electron chi connectivity index (χ3n) is 3.39. The number of carbonyl (C=O) groups excluding carboxylic acids is 1. The highest BCUT2D eigenvalue weighted by atomic mass is 32.2. The van der Waals surface area contributed by atoms with Crippen molar-refractivity contribution < 1.29 is 13.2 Å². The van der Waals surface area contributed by atoms with Crippen LogP contribution in [0.15, 0.2) is 6.07 Å². The molecule has 0 fully saturated rings. The lowest BCUT2D eigenvalue weighted by molar-refractivity contribution is -0.121. The molecule has 6 heteroatoms. The van der Waals surface area contributed by atoms with E-state index in [-0.39, 0.29) is 12.0 Å². The molecule has 0 aliphatic rings. The van der Waals surface area contributed by atoms with Gasteiger partial charge in [-0.2, -0.15) is 0 Å². The van der Waals surface area contributed by atoms with Crippen LogP contribution in [-0.4, -0.2) is 25.8 Å². The number of rotatable bonds is 5. The topological polar surface area (TPSA) is 63.2 Å². The van der Waals surface area contributed by atoms with Crippen molar-refractivity contribution in [2.75, 3.05) is 6.26 Å². The Labute approximate surface area is 125 Å². The van der Waals surface area contributed by atoms with E-state index in [1.807, 2.05) is 27.7 Å². The quantitative estimate of drug-likeness (QED) is 0.908. The van der Waals surface area contributed by atoms with Gasteiger partial charge in [0.25, 0.3) is 0 Å². The molecule has 0 saturated heterocycles. The third kappa shape index (κ3) is 4.06. The zero-order valence-electron chi connectivity index (χ0n) is 12.9. The SMILES string of the molecule is Cc1cc([C@H](NC(=O)[C@H](C)S(C)(=O)=O)C(C)C)c(C)s1. The van der Waals surface area contributed by atoms with Crippen molar-refractivity contribution in [2.45, 2.75) is 45.9 Å². The Kier molecular flexibility index (Phi) is 5.38. The third-order valence-corrected chi connectivity index (χ3v) is 5.87. The average Bonchev–Trinajstić information content (AvgIpc) is 2.62. The standard InChI is InChI=1S/C14H23NO3S2/c1-8(2)13(12-7-9(3)19-10(12)4)15-14(16)11(5)20(6,17)18/h7-8,11,13H,1-6H3,(H,15,16)/t11-,13+/m0/s1. The number of hydrogen-bond donors (Lipinski definition) is 1. The molecule has 0 spiro atoms. The maximum atomic E-state index is 12.1. The van der Waals surface area contributed by atoms with E-state index in [1.54, 1.807) is 11.3 Å². The highest BCUT2D eigenvalue weighted by Crippen LogP contribution is 2.30. The Hall–Kier alpha value is -0.880. The molecule has 1 N–H and O–H groups in total. The second-order valence-corrected chi connectivity index (χ2v) is 9.40. The van der Waals surface area contributed by atoms with Crippen molar-refractivity contribution in [3.8, 4) is 0 Å². The largest absolute Gasteiger partial charge is 0.348 e. The minimum Gasteiger partial charge on any atom is -0.348 e. The predicted octanol–water partition coefficient (Wildman–Crippen LogP) is 2.61. The molecule has 0 saturated carbocycles. The molecule has 0 bridgehead atoms. The van der Waals surface area contributed by atoms with Gasteiger partial charge in [0.1, 0.15) is 5.25 Å². The van der Waals surface area contributed by atoms with E-state index >= 15 is 0 Å². The molecule has 0 aliphatic carbocycles. The Morgan fingerprint density at radius 1 is 1.25 bits per heavy atom. The summed E-state index contributed by atoms with van der Waals surface area (Å²) in [6.45, 7) is 9.51. The number of hydrogen-bond acceptors (Lipinski definition) is 4. The van der Waals surface area contributed by atoms with Crippen LogP contribution in [0.4, 0.5) is 0 Å². The van der Waals surface area contributed by atoms with Gasteiger partial charge in [-0.15, -0.1) is 11.3 Å². The van der Waals surface area contributed by atoms with Gasteiger partial charge in [0.2, 0.25) is 5.91 Å². The number of sulfone groups is 1. The minimum absolute atomic E-state index is 0.156. The lowest BCUT2D eigenvalue weighted by Gasteiger charge is -2.24. The van der Waals surface area contributed by atoms with Crippen LogP contribution in [0.2, 0.25) is 0 Å². The Bertz CT molecular complexity index is 588. The van der Waals surface area contributed by atoms with E-state index in [0.29, 0.717) is 0 Å². The summed E-state index contributed by atoms with van der Waals surface area (Å²) in [6.07, 6.45) is 1.08. The normalized spacial score (nSPS) is 15.2. The summed E-state index contributed by atoms with van der Waals surface area (Å²) in [7, 11) is -3.37. The van der Waals surface area contributed by atoms with Gasteiger partial charge < -0.3 is 5.32 Å². The van der Waals surface area contributed by atoms with Crippen molar-refractivity contribution >= 4 is 27.1 Å². The molecule has 1 aromatic rings. The van der Waals surface area contributed by atoms with Crippen LogP contribution >= 0.6 is 11.3 Å². The van der Waals surface area contributed by atoms with Crippen molar-refractivity contribution in [1.29, 1.82) is 0 Å². The number of thiophene rings is 1. The fourth-order valence-corrected chi connectivity index (χ4v) is 3.46. The van der Waals surface area contributed by atoms with Gasteiger partial charge >= 0.3 is 0 Å². The number of nitrogens with one attached hydrogen (secondary N) is 1. The fraction of sp³-hybridized carbons (Fsp3) is 0.643. The van der Waals surface area contributed by atoms with Crippen LogP contribution in [0.25, 0.3) is 0 Å². The molecule has 0 unspecified atom stereocenters. The lowest BCUT2D eigenvalue weighted by Crippen LogP contribution is -2.41. The molecule has 0 aromatic carbocycles. The fourth-order valence-electron chi connectivity index (χ4n) is 2.03. The first-order valence-corrected chi connectivity index (χ1v) is 9.37. The van der Waals surface area contributed by atoms with Gasteiger partial charge in [-0.05, 0) is 38.3 Å². The first kappa shape index (κ1) is 17.2. The van der Waals surface area contributed by atoms with Crippen molar-refractivity contribution in [1.82, 2.24) is 5.32 Å². The first-order chi connectivity index (χ1) is 9.04. The van der Waals surface area contributed by atoms with Crippen molar-refractivity contribution in [2.24, 2.45) is 5.92 Å². The Balaban J connectivity index is 3.01. The molecule has 4 nitrogen and oxygen atoms in total. The van der Waals surface area contributed by atoms with E-state index in [1.165, 1.54) is 11.8 Å². The van der Waals surface area contributed by atoms with Gasteiger partial charge in [0.05, 0.1) is 6.04 Å². The molecule has 114 valence electrons. The molecule has 1 rings (SSSR count). The lowest BCUT2D eigenvalue weighted by atomic mass is 9.96. The minimum atomic E-state index is -3.37. The monoisotopic (exact) mass is 317 g/mol. The molecule has 1 heterocycles. The van der Waals surface area contributed by atoms with Gasteiger partial charge in [0.15, 0.2) is 9.84 Å². The van der Waals surface area contributed by atoms with E-state index in [4.69, 9.17) is 0 Å². The van der Waals surface area contributed by atoms with E-state index in [9.17, 15) is 13.2 Å². The van der Waals surface area contributed by atoms with Gasteiger partial charge in [0, 0.05) is 16.0 Å². The summed E-state index contributed by atoms with van der Waals surface area (Å²) in [4.78, 5) is 14.5. The first-order valence-electron chi connectivity index (χ1n) is 6.60. The summed E-state index contributed by atoms with van der Waals surface area (Å²) >= 11 is 1.69. The second kappa shape index (κ2) is 6.26. The van der Waals surface area contributed by atoms with Crippen LogP contribution < -0.4 is 5.32 Å². The predicted molar refractivity (Wildman–Crippen MR) is 83.8 cm³/mol. The van der Waals surface area contributed by atoms with E-state index in [2.05, 4.69) is 11.4 Å². The van der Waals surface area contributed by atoms with Crippen LogP contribution in [0.5, 0.6) is 0 Å². The van der Waals surface area contributed by atoms with E-state index in [0.717, 1.165) is 16.7 Å². The van der Waals surface area contributed by atoms with Crippen molar-refractivity contribution in [3.05, 3.63) is 21.4 Å². The summed E-state index contributed by atoms with van der Waals surface area (Å²) < 4.78 is 22.9. The Morgan fingerprint density at radius 3 is 2.15 bits per heavy atom. The molecule has 0 aliphatic heterocycles. The van der Waals surface area contributed by atoms with Crippen LogP contribution in [0.1, 0.15) is 42.1 Å². The Morgan fingerprint density at radius 2 is 1.80 bits per heavy atom. The molecule has 2 atom stereocenters. The zero-order valence-corrected chi connectivity index (χ0v) is 14.5. The maximum absolute atomic E-state index is 12.1. The van der Waals surface area contributed by atoms with Gasteiger partial charge in [-0.1, -0.05) is 13.8 Å². The number of amides is 1.